The third kappa shape index (κ3) is 4.44. The van der Waals surface area contributed by atoms with Gasteiger partial charge in [-0.3, -0.25) is 0 Å². The molecule has 0 aliphatic rings. The van der Waals surface area contributed by atoms with E-state index in [4.69, 9.17) is 4.74 Å². The molecule has 0 atom stereocenters. The molecule has 1 heterocycles. The van der Waals surface area contributed by atoms with E-state index in [2.05, 4.69) is 22.2 Å². The summed E-state index contributed by atoms with van der Waals surface area (Å²) < 4.78 is 5.42. The molecule has 0 unspecified atom stereocenters. The Labute approximate surface area is 129 Å². The second-order valence-corrected chi connectivity index (χ2v) is 4.76. The highest BCUT2D eigenvalue weighted by molar-refractivity contribution is 5.92. The minimum absolute atomic E-state index is 0.0266. The van der Waals surface area contributed by atoms with Gasteiger partial charge in [-0.05, 0) is 12.0 Å². The molecule has 0 saturated carbocycles. The fraction of sp³-hybridized carbons (Fsp3) is 0.312. The first-order valence-corrected chi connectivity index (χ1v) is 7.21. The summed E-state index contributed by atoms with van der Waals surface area (Å²) in [7, 11) is 0. The number of aromatic carboxylic acids is 1. The smallest absolute Gasteiger partial charge is 0.341 e. The number of carbonyl (C=O) groups is 1. The number of ether oxygens (including phenoxy) is 1. The van der Waals surface area contributed by atoms with Crippen molar-refractivity contribution >= 4 is 11.8 Å². The molecule has 0 amide bonds. The van der Waals surface area contributed by atoms with Crippen LogP contribution in [0.2, 0.25) is 0 Å². The van der Waals surface area contributed by atoms with Crippen molar-refractivity contribution in [1.29, 1.82) is 0 Å². The van der Waals surface area contributed by atoms with E-state index in [1.165, 1.54) is 6.20 Å². The van der Waals surface area contributed by atoms with E-state index < -0.39 is 5.97 Å². The van der Waals surface area contributed by atoms with E-state index in [1.54, 1.807) is 0 Å². The van der Waals surface area contributed by atoms with Gasteiger partial charge in [-0.25, -0.2) is 9.78 Å². The second-order valence-electron chi connectivity index (χ2n) is 4.76. The van der Waals surface area contributed by atoms with Crippen LogP contribution in [0.3, 0.4) is 0 Å². The van der Waals surface area contributed by atoms with Crippen LogP contribution < -0.4 is 10.1 Å². The van der Waals surface area contributed by atoms with Crippen LogP contribution >= 0.6 is 0 Å². The molecule has 0 fully saturated rings. The van der Waals surface area contributed by atoms with Crippen LogP contribution in [-0.4, -0.2) is 27.7 Å². The molecule has 116 valence electrons. The van der Waals surface area contributed by atoms with Crippen LogP contribution in [0.5, 0.6) is 6.01 Å². The number of nitrogens with one attached hydrogen (secondary N) is 1. The van der Waals surface area contributed by atoms with Gasteiger partial charge in [-0.1, -0.05) is 43.7 Å². The summed E-state index contributed by atoms with van der Waals surface area (Å²) in [5.74, 6) is -0.812. The quantitative estimate of drug-likeness (QED) is 0.729. The summed E-state index contributed by atoms with van der Waals surface area (Å²) >= 11 is 0. The third-order valence-electron chi connectivity index (χ3n) is 3.03. The summed E-state index contributed by atoms with van der Waals surface area (Å²) in [5, 5.41) is 12.2. The number of anilines is 1. The first-order valence-electron chi connectivity index (χ1n) is 7.21. The highest BCUT2D eigenvalue weighted by atomic mass is 16.5. The lowest BCUT2D eigenvalue weighted by Crippen LogP contribution is -2.11. The minimum atomic E-state index is -1.07. The monoisotopic (exact) mass is 301 g/mol. The van der Waals surface area contributed by atoms with Crippen molar-refractivity contribution in [2.45, 2.75) is 26.3 Å². The predicted octanol–water partition coefficient (Wildman–Crippen LogP) is 2.97. The standard InChI is InChI=1S/C16H19N3O3/c1-2-3-9-22-16-18-11-13(15(20)21)14(19-16)17-10-12-7-5-4-6-8-12/h4-8,11H,2-3,9-10H2,1H3,(H,20,21)(H,17,18,19). The highest BCUT2D eigenvalue weighted by Crippen LogP contribution is 2.16. The molecule has 0 saturated heterocycles. The van der Waals surface area contributed by atoms with Crippen molar-refractivity contribution in [2.75, 3.05) is 11.9 Å². The van der Waals surface area contributed by atoms with Gasteiger partial charge in [0.2, 0.25) is 0 Å². The van der Waals surface area contributed by atoms with E-state index in [0.29, 0.717) is 13.2 Å². The van der Waals surface area contributed by atoms with Crippen LogP contribution in [0.1, 0.15) is 35.7 Å². The minimum Gasteiger partial charge on any atom is -0.477 e. The van der Waals surface area contributed by atoms with Gasteiger partial charge in [0, 0.05) is 6.54 Å². The molecular formula is C16H19N3O3. The Morgan fingerprint density at radius 3 is 2.77 bits per heavy atom. The molecule has 0 spiro atoms. The third-order valence-corrected chi connectivity index (χ3v) is 3.03. The van der Waals surface area contributed by atoms with Gasteiger partial charge in [0.25, 0.3) is 0 Å². The number of rotatable bonds is 8. The van der Waals surface area contributed by atoms with E-state index in [1.807, 2.05) is 30.3 Å². The van der Waals surface area contributed by atoms with Gasteiger partial charge >= 0.3 is 12.0 Å². The van der Waals surface area contributed by atoms with Gasteiger partial charge in [-0.2, -0.15) is 4.98 Å². The Morgan fingerprint density at radius 1 is 1.32 bits per heavy atom. The summed E-state index contributed by atoms with van der Waals surface area (Å²) in [6.07, 6.45) is 3.17. The average Bonchev–Trinajstić information content (AvgIpc) is 2.54. The Bertz CT molecular complexity index is 617. The number of nitrogens with zero attached hydrogens (tertiary/aromatic N) is 2. The average molecular weight is 301 g/mol. The van der Waals surface area contributed by atoms with Gasteiger partial charge in [0.1, 0.15) is 11.4 Å². The van der Waals surface area contributed by atoms with Crippen LogP contribution in [0.15, 0.2) is 36.5 Å². The van der Waals surface area contributed by atoms with Crippen LogP contribution in [-0.2, 0) is 6.54 Å². The zero-order valence-electron chi connectivity index (χ0n) is 12.5. The van der Waals surface area contributed by atoms with Crippen molar-refractivity contribution < 1.29 is 14.6 Å². The molecular weight excluding hydrogens is 282 g/mol. The Balaban J connectivity index is 2.11. The molecule has 2 aromatic rings. The maximum absolute atomic E-state index is 11.2. The van der Waals surface area contributed by atoms with E-state index in [9.17, 15) is 9.90 Å². The second kappa shape index (κ2) is 7.97. The lowest BCUT2D eigenvalue weighted by atomic mass is 10.2. The van der Waals surface area contributed by atoms with E-state index in [0.717, 1.165) is 18.4 Å². The van der Waals surface area contributed by atoms with Crippen LogP contribution in [0, 0.1) is 0 Å². The van der Waals surface area contributed by atoms with Gasteiger partial charge in [0.15, 0.2) is 0 Å². The number of hydrogen-bond donors (Lipinski definition) is 2. The fourth-order valence-electron chi connectivity index (χ4n) is 1.82. The summed E-state index contributed by atoms with van der Waals surface area (Å²) in [6.45, 7) is 3.05. The molecule has 2 N–H and O–H groups in total. The number of carboxylic acid groups (broad SMARTS) is 1. The summed E-state index contributed by atoms with van der Waals surface area (Å²) in [5.41, 5.74) is 1.06. The summed E-state index contributed by atoms with van der Waals surface area (Å²) in [4.78, 5) is 19.3. The topological polar surface area (TPSA) is 84.3 Å². The molecule has 2 rings (SSSR count). The molecule has 0 radical (unpaired) electrons. The van der Waals surface area contributed by atoms with Gasteiger partial charge in [-0.15, -0.1) is 0 Å². The van der Waals surface area contributed by atoms with Crippen molar-refractivity contribution in [3.05, 3.63) is 47.7 Å². The fourth-order valence-corrected chi connectivity index (χ4v) is 1.82. The molecule has 6 nitrogen and oxygen atoms in total. The number of unbranched alkanes of at least 4 members (excludes halogenated alkanes) is 1. The Kier molecular flexibility index (Phi) is 5.71. The number of carboxylic acids is 1. The Hall–Kier alpha value is -2.63. The van der Waals surface area contributed by atoms with Crippen molar-refractivity contribution in [3.63, 3.8) is 0 Å². The van der Waals surface area contributed by atoms with E-state index >= 15 is 0 Å². The molecule has 6 heteroatoms. The summed E-state index contributed by atoms with van der Waals surface area (Å²) in [6, 6.07) is 9.87. The lowest BCUT2D eigenvalue weighted by molar-refractivity contribution is 0.0697. The lowest BCUT2D eigenvalue weighted by Gasteiger charge is -2.10. The normalized spacial score (nSPS) is 10.2. The zero-order chi connectivity index (χ0) is 15.8. The largest absolute Gasteiger partial charge is 0.477 e. The van der Waals surface area contributed by atoms with Crippen LogP contribution in [0.4, 0.5) is 5.82 Å². The SMILES string of the molecule is CCCCOc1ncc(C(=O)O)c(NCc2ccccc2)n1. The predicted molar refractivity (Wildman–Crippen MR) is 83.2 cm³/mol. The molecule has 0 aliphatic heterocycles. The van der Waals surface area contributed by atoms with E-state index in [-0.39, 0.29) is 17.4 Å². The number of benzene rings is 1. The molecule has 0 bridgehead atoms. The van der Waals surface area contributed by atoms with Crippen LogP contribution in [0.25, 0.3) is 0 Å². The molecule has 0 aliphatic carbocycles. The number of aromatic nitrogens is 2. The van der Waals surface area contributed by atoms with Crippen molar-refractivity contribution in [1.82, 2.24) is 9.97 Å². The highest BCUT2D eigenvalue weighted by Gasteiger charge is 2.14. The Morgan fingerprint density at radius 2 is 2.09 bits per heavy atom. The molecule has 1 aromatic heterocycles. The van der Waals surface area contributed by atoms with Gasteiger partial charge < -0.3 is 15.2 Å². The first-order chi connectivity index (χ1) is 10.7. The van der Waals surface area contributed by atoms with Crippen molar-refractivity contribution in [3.8, 4) is 6.01 Å². The molecule has 1 aromatic carbocycles. The maximum atomic E-state index is 11.2. The zero-order valence-corrected chi connectivity index (χ0v) is 12.5. The maximum Gasteiger partial charge on any atom is 0.341 e. The van der Waals surface area contributed by atoms with Crippen molar-refractivity contribution in [2.24, 2.45) is 0 Å². The van der Waals surface area contributed by atoms with Gasteiger partial charge in [0.05, 0.1) is 12.8 Å². The number of hydrogen-bond acceptors (Lipinski definition) is 5. The first kappa shape index (κ1) is 15.8. The molecule has 22 heavy (non-hydrogen) atoms.